The van der Waals surface area contributed by atoms with Gasteiger partial charge in [-0.05, 0) is 45.4 Å². The molecule has 6 atom stereocenters. The summed E-state index contributed by atoms with van der Waals surface area (Å²) >= 11 is 0. The lowest BCUT2D eigenvalue weighted by atomic mass is 9.87. The number of nitrogens with one attached hydrogen (secondary N) is 2. The number of ether oxygens (including phenoxy) is 1. The number of nitrogens with zero attached hydrogens (tertiary/aromatic N) is 4. The number of carbonyl (C=O) groups excluding carboxylic acids is 2. The number of amides is 2. The Balaban J connectivity index is 1.85. The maximum atomic E-state index is 13.9. The lowest BCUT2D eigenvalue weighted by Gasteiger charge is -2.49. The number of likely N-dealkylation sites (tertiary alicyclic amines) is 1. The molecule has 3 fully saturated rings. The summed E-state index contributed by atoms with van der Waals surface area (Å²) in [6.07, 6.45) is -1.43. The highest BCUT2D eigenvalue weighted by Gasteiger charge is 2.45. The maximum absolute atomic E-state index is 13.9. The van der Waals surface area contributed by atoms with E-state index in [1.807, 2.05) is 25.7 Å². The van der Waals surface area contributed by atoms with Crippen molar-refractivity contribution in [2.45, 2.75) is 98.9 Å². The highest BCUT2D eigenvalue weighted by molar-refractivity contribution is 7.89. The zero-order valence-corrected chi connectivity index (χ0v) is 29.2. The van der Waals surface area contributed by atoms with Crippen molar-refractivity contribution in [1.82, 2.24) is 29.6 Å². The molecule has 3 aliphatic heterocycles. The highest BCUT2D eigenvalue weighted by atomic mass is 32.2. The van der Waals surface area contributed by atoms with Crippen LogP contribution in [0.25, 0.3) is 0 Å². The standard InChI is InChI=1S/C30H59N7O6S/c1-10-44(41,42)36-13-11-34(12-14-36)25(38)21-15-22(19-35(18-21)28(40)43-30(7,8)9)37(17-20(2)3)26(39)23-16-32-27(29(4,5)6)33-24(23)31/h20-24,26-27,32-33,39H,10-19,31H2,1-9H3/t21-,22+,23?,24?,26?,27?/m1/s1. The number of piperidine rings is 1. The highest BCUT2D eigenvalue weighted by Crippen LogP contribution is 2.30. The van der Waals surface area contributed by atoms with Crippen molar-refractivity contribution in [1.29, 1.82) is 0 Å². The number of aliphatic hydroxyl groups excluding tert-OH is 1. The molecule has 0 bridgehead atoms. The molecule has 0 aliphatic carbocycles. The third kappa shape index (κ3) is 9.49. The van der Waals surface area contributed by atoms with Crippen LogP contribution < -0.4 is 16.4 Å². The second-order valence-electron chi connectivity index (χ2n) is 15.2. The molecule has 44 heavy (non-hydrogen) atoms. The second-order valence-corrected chi connectivity index (χ2v) is 17.4. The van der Waals surface area contributed by atoms with E-state index in [0.717, 1.165) is 0 Å². The maximum Gasteiger partial charge on any atom is 0.410 e. The van der Waals surface area contributed by atoms with Gasteiger partial charge in [0.05, 0.1) is 24.0 Å². The van der Waals surface area contributed by atoms with Crippen molar-refractivity contribution >= 4 is 22.0 Å². The minimum absolute atomic E-state index is 0.00776. The summed E-state index contributed by atoms with van der Waals surface area (Å²) in [5, 5.41) is 18.8. The van der Waals surface area contributed by atoms with E-state index in [0.29, 0.717) is 39.1 Å². The Morgan fingerprint density at radius 2 is 1.66 bits per heavy atom. The molecule has 5 N–H and O–H groups in total. The van der Waals surface area contributed by atoms with Gasteiger partial charge < -0.3 is 30.7 Å². The number of sulfonamides is 1. The van der Waals surface area contributed by atoms with Crippen LogP contribution in [0.2, 0.25) is 0 Å². The van der Waals surface area contributed by atoms with Crippen molar-refractivity contribution in [2.24, 2.45) is 28.9 Å². The van der Waals surface area contributed by atoms with Gasteiger partial charge in [0.25, 0.3) is 0 Å². The fourth-order valence-corrected chi connectivity index (χ4v) is 7.42. The first-order valence-electron chi connectivity index (χ1n) is 16.2. The fourth-order valence-electron chi connectivity index (χ4n) is 6.34. The molecule has 256 valence electrons. The van der Waals surface area contributed by atoms with Gasteiger partial charge in [-0.3, -0.25) is 15.0 Å². The molecular weight excluding hydrogens is 586 g/mol. The van der Waals surface area contributed by atoms with Crippen LogP contribution in [0.3, 0.4) is 0 Å². The lowest BCUT2D eigenvalue weighted by molar-refractivity contribution is -0.143. The van der Waals surface area contributed by atoms with Gasteiger partial charge >= 0.3 is 6.09 Å². The minimum atomic E-state index is -3.33. The second kappa shape index (κ2) is 14.5. The van der Waals surface area contributed by atoms with Crippen LogP contribution in [0.1, 0.15) is 68.7 Å². The van der Waals surface area contributed by atoms with Gasteiger partial charge in [0.1, 0.15) is 11.8 Å². The molecule has 4 unspecified atom stereocenters. The zero-order chi connectivity index (χ0) is 33.2. The Hall–Kier alpha value is -1.55. The number of piperazine rings is 1. The van der Waals surface area contributed by atoms with Crippen molar-refractivity contribution in [3.8, 4) is 0 Å². The monoisotopic (exact) mass is 645 g/mol. The Morgan fingerprint density at radius 3 is 2.16 bits per heavy atom. The summed E-state index contributed by atoms with van der Waals surface area (Å²) in [5.74, 6) is -0.740. The molecule has 0 spiro atoms. The van der Waals surface area contributed by atoms with Gasteiger partial charge in [-0.1, -0.05) is 34.6 Å². The van der Waals surface area contributed by atoms with Gasteiger partial charge in [-0.25, -0.2) is 13.2 Å². The number of aliphatic hydroxyl groups is 1. The van der Waals surface area contributed by atoms with E-state index < -0.39 is 40.0 Å². The van der Waals surface area contributed by atoms with Crippen LogP contribution in [-0.2, 0) is 19.6 Å². The smallest absolute Gasteiger partial charge is 0.410 e. The molecule has 0 aromatic carbocycles. The van der Waals surface area contributed by atoms with Gasteiger partial charge in [0, 0.05) is 64.3 Å². The lowest BCUT2D eigenvalue weighted by Crippen LogP contribution is -2.70. The van der Waals surface area contributed by atoms with Crippen molar-refractivity contribution in [2.75, 3.05) is 58.1 Å². The first kappa shape index (κ1) is 36.9. The average Bonchev–Trinajstić information content (AvgIpc) is 2.93. The summed E-state index contributed by atoms with van der Waals surface area (Å²) in [7, 11) is -3.33. The summed E-state index contributed by atoms with van der Waals surface area (Å²) < 4.78 is 31.9. The number of rotatable bonds is 8. The van der Waals surface area contributed by atoms with E-state index in [1.54, 1.807) is 16.7 Å². The van der Waals surface area contributed by atoms with E-state index in [1.165, 1.54) is 4.31 Å². The topological polar surface area (TPSA) is 161 Å². The van der Waals surface area contributed by atoms with E-state index >= 15 is 0 Å². The predicted octanol–water partition coefficient (Wildman–Crippen LogP) is 0.848. The van der Waals surface area contributed by atoms with Gasteiger partial charge in [0.2, 0.25) is 15.9 Å². The van der Waals surface area contributed by atoms with Crippen molar-refractivity contribution in [3.05, 3.63) is 0 Å². The van der Waals surface area contributed by atoms with E-state index in [-0.39, 0.29) is 60.8 Å². The first-order valence-corrected chi connectivity index (χ1v) is 17.8. The summed E-state index contributed by atoms with van der Waals surface area (Å²) in [6.45, 7) is 20.2. The number of nitrogens with two attached hydrogens (primary N) is 1. The molecule has 14 heteroatoms. The van der Waals surface area contributed by atoms with Gasteiger partial charge in [0.15, 0.2) is 0 Å². The Morgan fingerprint density at radius 1 is 1.05 bits per heavy atom. The van der Waals surface area contributed by atoms with Crippen molar-refractivity contribution < 1.29 is 27.9 Å². The van der Waals surface area contributed by atoms with E-state index in [4.69, 9.17) is 10.5 Å². The number of hydrogen-bond donors (Lipinski definition) is 4. The average molecular weight is 646 g/mol. The summed E-state index contributed by atoms with van der Waals surface area (Å²) in [5.41, 5.74) is 5.83. The van der Waals surface area contributed by atoms with Crippen LogP contribution >= 0.6 is 0 Å². The molecule has 3 rings (SSSR count). The SMILES string of the molecule is CCS(=O)(=O)N1CCN(C(=O)[C@@H]2C[C@H](N(CC(C)C)C(O)C3CNC(C(C)(C)C)NC3N)CN(C(=O)OC(C)(C)C)C2)CC1. The minimum Gasteiger partial charge on any atom is -0.444 e. The third-order valence-electron chi connectivity index (χ3n) is 8.75. The molecule has 3 saturated heterocycles. The fraction of sp³-hybridized carbons (Fsp3) is 0.933. The van der Waals surface area contributed by atoms with Gasteiger partial charge in [-0.15, -0.1) is 0 Å². The van der Waals surface area contributed by atoms with E-state index in [9.17, 15) is 23.1 Å². The molecule has 13 nitrogen and oxygen atoms in total. The Kier molecular flexibility index (Phi) is 12.1. The first-order chi connectivity index (χ1) is 20.2. The largest absolute Gasteiger partial charge is 0.444 e. The Bertz CT molecular complexity index is 1080. The summed E-state index contributed by atoms with van der Waals surface area (Å²) in [4.78, 5) is 32.6. The van der Waals surface area contributed by atoms with Crippen molar-refractivity contribution in [3.63, 3.8) is 0 Å². The van der Waals surface area contributed by atoms with Gasteiger partial charge in [-0.2, -0.15) is 4.31 Å². The third-order valence-corrected chi connectivity index (χ3v) is 10.6. The molecule has 2 amide bonds. The number of hydrogen-bond acceptors (Lipinski definition) is 10. The number of carbonyl (C=O) groups is 2. The molecule has 3 heterocycles. The van der Waals surface area contributed by atoms with Crippen LogP contribution in [0.15, 0.2) is 0 Å². The predicted molar refractivity (Wildman–Crippen MR) is 171 cm³/mol. The molecule has 3 aliphatic rings. The molecule has 0 aromatic heterocycles. The zero-order valence-electron chi connectivity index (χ0n) is 28.4. The Labute approximate surface area is 265 Å². The molecule has 0 radical (unpaired) electrons. The quantitative estimate of drug-likeness (QED) is 0.279. The molecular formula is C30H59N7O6S. The van der Waals surface area contributed by atoms with Crippen LogP contribution in [-0.4, -0.2) is 133 Å². The summed E-state index contributed by atoms with van der Waals surface area (Å²) in [6, 6.07) is -0.322. The van der Waals surface area contributed by atoms with Crippen LogP contribution in [0, 0.1) is 23.2 Å². The normalized spacial score (nSPS) is 28.8. The van der Waals surface area contributed by atoms with E-state index in [2.05, 4.69) is 45.3 Å². The molecule has 0 saturated carbocycles. The molecule has 0 aromatic rings. The van der Waals surface area contributed by atoms with Crippen LogP contribution in [0.5, 0.6) is 0 Å². The van der Waals surface area contributed by atoms with Crippen LogP contribution in [0.4, 0.5) is 4.79 Å².